The van der Waals surface area contributed by atoms with Crippen molar-refractivity contribution in [2.24, 2.45) is 0 Å². The highest BCUT2D eigenvalue weighted by Gasteiger charge is 2.22. The van der Waals surface area contributed by atoms with Crippen LogP contribution in [0.2, 0.25) is 0 Å². The van der Waals surface area contributed by atoms with E-state index in [9.17, 15) is 9.59 Å². The van der Waals surface area contributed by atoms with E-state index in [-0.39, 0.29) is 6.54 Å². The molecular formula is C16H21N3O4. The number of amides is 1. The molecule has 0 fully saturated rings. The highest BCUT2D eigenvalue weighted by atomic mass is 16.6. The zero-order valence-electron chi connectivity index (χ0n) is 13.7. The smallest absolute Gasteiger partial charge is 0.407 e. The van der Waals surface area contributed by atoms with Crippen LogP contribution in [-0.4, -0.2) is 37.4 Å². The minimum Gasteiger partial charge on any atom is -0.467 e. The normalized spacial score (nSPS) is 11.8. The maximum absolute atomic E-state index is 11.8. The highest BCUT2D eigenvalue weighted by molar-refractivity contribution is 5.80. The number of nitrogens with one attached hydrogen (secondary N) is 2. The molecule has 1 atom stereocenters. The van der Waals surface area contributed by atoms with Crippen LogP contribution >= 0.6 is 0 Å². The number of hydrogen-bond acceptors (Lipinski definition) is 6. The largest absolute Gasteiger partial charge is 0.467 e. The number of esters is 1. The van der Waals surface area contributed by atoms with Crippen LogP contribution in [0.3, 0.4) is 0 Å². The predicted octanol–water partition coefficient (Wildman–Crippen LogP) is 2.04. The van der Waals surface area contributed by atoms with Gasteiger partial charge >= 0.3 is 12.1 Å². The van der Waals surface area contributed by atoms with Crippen molar-refractivity contribution < 1.29 is 19.1 Å². The van der Waals surface area contributed by atoms with Crippen molar-refractivity contribution in [1.82, 2.24) is 5.32 Å². The van der Waals surface area contributed by atoms with Crippen LogP contribution in [-0.2, 0) is 14.3 Å². The zero-order chi connectivity index (χ0) is 17.5. The Morgan fingerprint density at radius 3 is 2.35 bits per heavy atom. The Labute approximate surface area is 135 Å². The molecule has 1 aromatic carbocycles. The number of ether oxygens (including phenoxy) is 2. The lowest BCUT2D eigenvalue weighted by Gasteiger charge is -2.22. The van der Waals surface area contributed by atoms with E-state index < -0.39 is 23.7 Å². The van der Waals surface area contributed by atoms with Gasteiger partial charge in [0.1, 0.15) is 11.6 Å². The van der Waals surface area contributed by atoms with Crippen molar-refractivity contribution in [2.45, 2.75) is 32.4 Å². The first kappa shape index (κ1) is 18.3. The first-order chi connectivity index (χ1) is 10.7. The van der Waals surface area contributed by atoms with Crippen molar-refractivity contribution in [3.8, 4) is 6.07 Å². The molecule has 23 heavy (non-hydrogen) atoms. The SMILES string of the molecule is COC(=O)C(CNC(=O)OC(C)(C)C)Nc1ccc(C#N)cc1. The molecule has 0 aliphatic heterocycles. The minimum atomic E-state index is -0.777. The number of rotatable bonds is 5. The standard InChI is InChI=1S/C16H21N3O4/c1-16(2,3)23-15(21)18-10-13(14(20)22-4)19-12-7-5-11(9-17)6-8-12/h5-8,13,19H,10H2,1-4H3,(H,18,21). The van der Waals surface area contributed by atoms with Gasteiger partial charge in [-0.1, -0.05) is 0 Å². The van der Waals surface area contributed by atoms with Crippen LogP contribution in [0.4, 0.5) is 10.5 Å². The lowest BCUT2D eigenvalue weighted by atomic mass is 10.2. The van der Waals surface area contributed by atoms with Gasteiger partial charge < -0.3 is 20.1 Å². The number of methoxy groups -OCH3 is 1. The Balaban J connectivity index is 2.67. The molecule has 124 valence electrons. The van der Waals surface area contributed by atoms with Crippen LogP contribution in [0.25, 0.3) is 0 Å². The topological polar surface area (TPSA) is 100 Å². The second kappa shape index (κ2) is 8.03. The second-order valence-electron chi connectivity index (χ2n) is 5.79. The molecule has 0 aliphatic carbocycles. The van der Waals surface area contributed by atoms with Crippen LogP contribution in [0.1, 0.15) is 26.3 Å². The van der Waals surface area contributed by atoms with Gasteiger partial charge in [0.2, 0.25) is 0 Å². The fraction of sp³-hybridized carbons (Fsp3) is 0.438. The van der Waals surface area contributed by atoms with Gasteiger partial charge in [0, 0.05) is 5.69 Å². The summed E-state index contributed by atoms with van der Waals surface area (Å²) >= 11 is 0. The Bertz CT molecular complexity index is 585. The van der Waals surface area contributed by atoms with E-state index in [4.69, 9.17) is 14.7 Å². The molecule has 7 nitrogen and oxygen atoms in total. The highest BCUT2D eigenvalue weighted by Crippen LogP contribution is 2.11. The Morgan fingerprint density at radius 2 is 1.87 bits per heavy atom. The van der Waals surface area contributed by atoms with Crippen LogP contribution in [0, 0.1) is 11.3 Å². The van der Waals surface area contributed by atoms with Crippen molar-refractivity contribution in [3.05, 3.63) is 29.8 Å². The quantitative estimate of drug-likeness (QED) is 0.806. The molecule has 0 radical (unpaired) electrons. The maximum Gasteiger partial charge on any atom is 0.407 e. The molecule has 1 rings (SSSR count). The molecule has 1 amide bonds. The number of carbonyl (C=O) groups excluding carboxylic acids is 2. The van der Waals surface area contributed by atoms with Crippen molar-refractivity contribution in [2.75, 3.05) is 19.0 Å². The molecule has 0 saturated carbocycles. The predicted molar refractivity (Wildman–Crippen MR) is 84.8 cm³/mol. The zero-order valence-corrected chi connectivity index (χ0v) is 13.7. The van der Waals surface area contributed by atoms with Crippen LogP contribution in [0.15, 0.2) is 24.3 Å². The molecular weight excluding hydrogens is 298 g/mol. The number of nitriles is 1. The molecule has 7 heteroatoms. The van der Waals surface area contributed by atoms with Crippen LogP contribution in [0.5, 0.6) is 0 Å². The lowest BCUT2D eigenvalue weighted by Crippen LogP contribution is -2.43. The average molecular weight is 319 g/mol. The van der Waals surface area contributed by atoms with Gasteiger partial charge in [0.05, 0.1) is 25.3 Å². The number of anilines is 1. The summed E-state index contributed by atoms with van der Waals surface area (Å²) in [5.41, 5.74) is 0.522. The fourth-order valence-electron chi connectivity index (χ4n) is 1.68. The van der Waals surface area contributed by atoms with Gasteiger partial charge in [-0.2, -0.15) is 5.26 Å². The van der Waals surface area contributed by atoms with Crippen molar-refractivity contribution in [1.29, 1.82) is 5.26 Å². The summed E-state index contributed by atoms with van der Waals surface area (Å²) in [6.07, 6.45) is -0.618. The van der Waals surface area contributed by atoms with Gasteiger partial charge in [0.15, 0.2) is 0 Å². The Morgan fingerprint density at radius 1 is 1.26 bits per heavy atom. The van der Waals surface area contributed by atoms with E-state index >= 15 is 0 Å². The van der Waals surface area contributed by atoms with Crippen molar-refractivity contribution in [3.63, 3.8) is 0 Å². The van der Waals surface area contributed by atoms with Crippen molar-refractivity contribution >= 4 is 17.7 Å². The van der Waals surface area contributed by atoms with Gasteiger partial charge in [-0.05, 0) is 45.0 Å². The molecule has 1 aromatic rings. The fourth-order valence-corrected chi connectivity index (χ4v) is 1.68. The van der Waals surface area contributed by atoms with E-state index in [0.29, 0.717) is 11.3 Å². The molecule has 0 heterocycles. The molecule has 0 bridgehead atoms. The summed E-state index contributed by atoms with van der Waals surface area (Å²) in [5, 5.41) is 14.2. The maximum atomic E-state index is 11.8. The van der Waals surface area contributed by atoms with E-state index in [2.05, 4.69) is 10.6 Å². The molecule has 1 unspecified atom stereocenters. The minimum absolute atomic E-state index is 0.00158. The summed E-state index contributed by atoms with van der Waals surface area (Å²) in [6.45, 7) is 5.25. The molecule has 2 N–H and O–H groups in total. The number of benzene rings is 1. The number of carbonyl (C=O) groups is 2. The third-order valence-electron chi connectivity index (χ3n) is 2.69. The molecule has 0 spiro atoms. The van der Waals surface area contributed by atoms with Gasteiger partial charge in [0.25, 0.3) is 0 Å². The summed E-state index contributed by atoms with van der Waals surface area (Å²) in [5.74, 6) is -0.523. The summed E-state index contributed by atoms with van der Waals surface area (Å²) < 4.78 is 9.83. The molecule has 0 aliphatic rings. The number of alkyl carbamates (subject to hydrolysis) is 1. The number of nitrogens with zero attached hydrogens (tertiary/aromatic N) is 1. The van der Waals surface area contributed by atoms with Gasteiger partial charge in [-0.15, -0.1) is 0 Å². The van der Waals surface area contributed by atoms with E-state index in [1.807, 2.05) is 6.07 Å². The monoisotopic (exact) mass is 319 g/mol. The summed E-state index contributed by atoms with van der Waals surface area (Å²) in [4.78, 5) is 23.5. The first-order valence-corrected chi connectivity index (χ1v) is 7.06. The molecule has 0 saturated heterocycles. The first-order valence-electron chi connectivity index (χ1n) is 7.06. The second-order valence-corrected chi connectivity index (χ2v) is 5.79. The average Bonchev–Trinajstić information content (AvgIpc) is 2.49. The third-order valence-corrected chi connectivity index (χ3v) is 2.69. The third kappa shape index (κ3) is 6.70. The van der Waals surface area contributed by atoms with E-state index in [1.165, 1.54) is 7.11 Å². The number of hydrogen-bond donors (Lipinski definition) is 2. The van der Waals surface area contributed by atoms with E-state index in [1.54, 1.807) is 45.0 Å². The summed E-state index contributed by atoms with van der Waals surface area (Å²) in [7, 11) is 1.27. The van der Waals surface area contributed by atoms with Gasteiger partial charge in [-0.25, -0.2) is 9.59 Å². The summed E-state index contributed by atoms with van der Waals surface area (Å²) in [6, 6.07) is 7.82. The molecule has 0 aromatic heterocycles. The van der Waals surface area contributed by atoms with Crippen LogP contribution < -0.4 is 10.6 Å². The lowest BCUT2D eigenvalue weighted by molar-refractivity contribution is -0.141. The Kier molecular flexibility index (Phi) is 6.39. The Hall–Kier alpha value is -2.75. The van der Waals surface area contributed by atoms with Gasteiger partial charge in [-0.3, -0.25) is 0 Å². The van der Waals surface area contributed by atoms with E-state index in [0.717, 1.165) is 0 Å².